The van der Waals surface area contributed by atoms with Crippen LogP contribution in [-0.2, 0) is 10.0 Å². The Kier molecular flexibility index (Phi) is 4.27. The largest absolute Gasteiger partial charge is 0.477 e. The van der Waals surface area contributed by atoms with Crippen LogP contribution in [0.4, 0.5) is 8.78 Å². The van der Waals surface area contributed by atoms with Crippen LogP contribution in [0.15, 0.2) is 17.0 Å². The van der Waals surface area contributed by atoms with Gasteiger partial charge in [-0.2, -0.15) is 11.8 Å². The van der Waals surface area contributed by atoms with Gasteiger partial charge in [-0.15, -0.1) is 0 Å². The fourth-order valence-electron chi connectivity index (χ4n) is 1.83. The molecule has 1 saturated carbocycles. The lowest BCUT2D eigenvalue weighted by Gasteiger charge is -2.14. The molecule has 5 nitrogen and oxygen atoms in total. The van der Waals surface area contributed by atoms with Crippen molar-refractivity contribution in [1.82, 2.24) is 4.72 Å². The Morgan fingerprint density at radius 2 is 2.05 bits per heavy atom. The fraction of sp³-hybridized carbons (Fsp3) is 0.417. The van der Waals surface area contributed by atoms with E-state index < -0.39 is 38.1 Å². The molecule has 1 fully saturated rings. The summed E-state index contributed by atoms with van der Waals surface area (Å²) < 4.78 is 53.4. The highest BCUT2D eigenvalue weighted by atomic mass is 32.2. The van der Waals surface area contributed by atoms with E-state index in [0.717, 1.165) is 18.9 Å². The molecule has 0 bridgehead atoms. The molecule has 2 N–H and O–H groups in total. The number of rotatable bonds is 6. The summed E-state index contributed by atoms with van der Waals surface area (Å²) in [5.41, 5.74) is -1.27. The van der Waals surface area contributed by atoms with Crippen molar-refractivity contribution in [1.29, 1.82) is 0 Å². The van der Waals surface area contributed by atoms with Crippen molar-refractivity contribution in [2.24, 2.45) is 0 Å². The summed E-state index contributed by atoms with van der Waals surface area (Å²) in [6, 6.07) is 1.35. The SMILES string of the molecule is CSC1(CNS(=O)(=O)c2ccc(F)c(C(=O)O)c2F)CC1. The molecule has 21 heavy (non-hydrogen) atoms. The molecule has 0 atom stereocenters. The number of carbonyl (C=O) groups is 1. The van der Waals surface area contributed by atoms with Gasteiger partial charge in [0.25, 0.3) is 0 Å². The highest BCUT2D eigenvalue weighted by molar-refractivity contribution is 8.00. The quantitative estimate of drug-likeness (QED) is 0.827. The van der Waals surface area contributed by atoms with Crippen LogP contribution in [0.1, 0.15) is 23.2 Å². The first kappa shape index (κ1) is 16.2. The van der Waals surface area contributed by atoms with Crippen LogP contribution < -0.4 is 4.72 Å². The van der Waals surface area contributed by atoms with Gasteiger partial charge >= 0.3 is 5.97 Å². The van der Waals surface area contributed by atoms with E-state index >= 15 is 0 Å². The topological polar surface area (TPSA) is 83.5 Å². The zero-order chi connectivity index (χ0) is 15.8. The molecule has 0 aliphatic heterocycles. The summed E-state index contributed by atoms with van der Waals surface area (Å²) in [5.74, 6) is -4.77. The number of thioether (sulfide) groups is 1. The van der Waals surface area contributed by atoms with Crippen molar-refractivity contribution in [3.63, 3.8) is 0 Å². The number of sulfonamides is 1. The Balaban J connectivity index is 2.32. The number of carboxylic acids is 1. The van der Waals surface area contributed by atoms with Crippen LogP contribution in [0.5, 0.6) is 0 Å². The van der Waals surface area contributed by atoms with Gasteiger partial charge in [0.1, 0.15) is 16.3 Å². The lowest BCUT2D eigenvalue weighted by Crippen LogP contribution is -2.32. The third-order valence-electron chi connectivity index (χ3n) is 3.38. The predicted molar refractivity (Wildman–Crippen MR) is 74.0 cm³/mol. The Hall–Kier alpha value is -1.19. The molecule has 0 aromatic heterocycles. The monoisotopic (exact) mass is 337 g/mol. The van der Waals surface area contributed by atoms with Gasteiger partial charge in [0.2, 0.25) is 10.0 Å². The molecular formula is C12H13F2NO4S2. The summed E-state index contributed by atoms with van der Waals surface area (Å²) in [6.45, 7) is 0.121. The van der Waals surface area contributed by atoms with Crippen LogP contribution in [-0.4, -0.2) is 37.0 Å². The third-order valence-corrected chi connectivity index (χ3v) is 6.22. The lowest BCUT2D eigenvalue weighted by molar-refractivity contribution is 0.0685. The van der Waals surface area contributed by atoms with E-state index in [1.807, 2.05) is 6.26 Å². The zero-order valence-electron chi connectivity index (χ0n) is 11.0. The van der Waals surface area contributed by atoms with E-state index in [9.17, 15) is 22.0 Å². The summed E-state index contributed by atoms with van der Waals surface area (Å²) in [4.78, 5) is 9.93. The number of aromatic carboxylic acids is 1. The van der Waals surface area contributed by atoms with Gasteiger partial charge in [-0.3, -0.25) is 0 Å². The van der Waals surface area contributed by atoms with Crippen molar-refractivity contribution < 1.29 is 27.1 Å². The molecule has 2 rings (SSSR count). The van der Waals surface area contributed by atoms with Gasteiger partial charge in [-0.1, -0.05) is 0 Å². The van der Waals surface area contributed by atoms with Gasteiger partial charge in [0.15, 0.2) is 5.82 Å². The smallest absolute Gasteiger partial charge is 0.341 e. The Morgan fingerprint density at radius 3 is 2.52 bits per heavy atom. The summed E-state index contributed by atoms with van der Waals surface area (Å²) >= 11 is 1.51. The van der Waals surface area contributed by atoms with E-state index in [0.29, 0.717) is 6.07 Å². The molecule has 0 spiro atoms. The zero-order valence-corrected chi connectivity index (χ0v) is 12.7. The van der Waals surface area contributed by atoms with E-state index in [2.05, 4.69) is 4.72 Å². The van der Waals surface area contributed by atoms with Crippen LogP contribution in [0, 0.1) is 11.6 Å². The second-order valence-electron chi connectivity index (χ2n) is 4.75. The van der Waals surface area contributed by atoms with Crippen LogP contribution in [0.2, 0.25) is 0 Å². The molecule has 1 aliphatic rings. The molecule has 0 saturated heterocycles. The number of nitrogens with one attached hydrogen (secondary N) is 1. The molecule has 1 aromatic rings. The first-order chi connectivity index (χ1) is 9.72. The van der Waals surface area contributed by atoms with Gasteiger partial charge in [0.05, 0.1) is 0 Å². The molecule has 0 amide bonds. The molecule has 0 radical (unpaired) electrons. The minimum Gasteiger partial charge on any atom is -0.477 e. The Labute approximate surface area is 124 Å². The Morgan fingerprint density at radius 1 is 1.43 bits per heavy atom. The fourth-order valence-corrected chi connectivity index (χ4v) is 3.86. The minimum absolute atomic E-state index is 0.121. The summed E-state index contributed by atoms with van der Waals surface area (Å²) in [6.07, 6.45) is 3.55. The van der Waals surface area contributed by atoms with Crippen LogP contribution in [0.3, 0.4) is 0 Å². The highest BCUT2D eigenvalue weighted by Gasteiger charge is 2.42. The van der Waals surface area contributed by atoms with Gasteiger partial charge in [-0.25, -0.2) is 26.7 Å². The van der Waals surface area contributed by atoms with Crippen LogP contribution in [0.25, 0.3) is 0 Å². The molecule has 1 aliphatic carbocycles. The van der Waals surface area contributed by atoms with Gasteiger partial charge in [0, 0.05) is 11.3 Å². The molecular weight excluding hydrogens is 324 g/mol. The highest BCUT2D eigenvalue weighted by Crippen LogP contribution is 2.46. The first-order valence-corrected chi connectivity index (χ1v) is 8.69. The van der Waals surface area contributed by atoms with Crippen LogP contribution >= 0.6 is 11.8 Å². The number of carboxylic acid groups (broad SMARTS) is 1. The maximum absolute atomic E-state index is 14.0. The second kappa shape index (κ2) is 5.54. The lowest BCUT2D eigenvalue weighted by atomic mass is 10.2. The average molecular weight is 337 g/mol. The van der Waals surface area contributed by atoms with Gasteiger partial charge < -0.3 is 5.11 Å². The predicted octanol–water partition coefficient (Wildman–Crippen LogP) is 1.84. The summed E-state index contributed by atoms with van der Waals surface area (Å²) in [7, 11) is -4.24. The third kappa shape index (κ3) is 3.19. The minimum atomic E-state index is -4.24. The standard InChI is InChI=1S/C12H13F2NO4S2/c1-20-12(4-5-12)6-15-21(18,19)8-3-2-7(13)9(10(8)14)11(16)17/h2-3,15H,4-6H2,1H3,(H,16,17). The van der Waals surface area contributed by atoms with E-state index in [1.54, 1.807) is 0 Å². The van der Waals surface area contributed by atoms with Crippen molar-refractivity contribution in [3.8, 4) is 0 Å². The molecule has 0 unspecified atom stereocenters. The Bertz CT molecular complexity index is 687. The maximum Gasteiger partial charge on any atom is 0.341 e. The van der Waals surface area contributed by atoms with E-state index in [1.165, 1.54) is 11.8 Å². The summed E-state index contributed by atoms with van der Waals surface area (Å²) in [5, 5.41) is 8.75. The van der Waals surface area contributed by atoms with Crippen molar-refractivity contribution in [3.05, 3.63) is 29.3 Å². The number of hydrogen-bond donors (Lipinski definition) is 2. The maximum atomic E-state index is 14.0. The van der Waals surface area contributed by atoms with Crippen molar-refractivity contribution in [2.45, 2.75) is 22.5 Å². The molecule has 0 heterocycles. The van der Waals surface area contributed by atoms with E-state index in [4.69, 9.17) is 5.11 Å². The molecule has 1 aromatic carbocycles. The normalized spacial score (nSPS) is 16.7. The number of benzene rings is 1. The second-order valence-corrected chi connectivity index (χ2v) is 7.76. The number of hydrogen-bond acceptors (Lipinski definition) is 4. The first-order valence-electron chi connectivity index (χ1n) is 5.98. The van der Waals surface area contributed by atoms with E-state index in [-0.39, 0.29) is 11.3 Å². The number of halogens is 2. The molecule has 116 valence electrons. The van der Waals surface area contributed by atoms with Crippen molar-refractivity contribution >= 4 is 27.8 Å². The van der Waals surface area contributed by atoms with Crippen molar-refractivity contribution in [2.75, 3.05) is 12.8 Å². The molecule has 9 heteroatoms. The van der Waals surface area contributed by atoms with Gasteiger partial charge in [-0.05, 0) is 31.2 Å². The average Bonchev–Trinajstić information content (AvgIpc) is 3.16.